The van der Waals surface area contributed by atoms with Crippen molar-refractivity contribution in [2.24, 2.45) is 0 Å². The summed E-state index contributed by atoms with van der Waals surface area (Å²) in [4.78, 5) is 12.8. The molecule has 0 saturated heterocycles. The molecule has 9 heteroatoms. The van der Waals surface area contributed by atoms with Crippen molar-refractivity contribution in [1.82, 2.24) is 9.62 Å². The van der Waals surface area contributed by atoms with E-state index in [2.05, 4.69) is 5.32 Å². The van der Waals surface area contributed by atoms with E-state index in [0.717, 1.165) is 26.1 Å². The number of thiophene rings is 1. The first-order chi connectivity index (χ1) is 11.7. The predicted molar refractivity (Wildman–Crippen MR) is 98.7 cm³/mol. The number of nitrogens with zero attached hydrogens (tertiary/aromatic N) is 1. The number of rotatable bonds is 7. The van der Waals surface area contributed by atoms with Gasteiger partial charge in [-0.3, -0.25) is 4.79 Å². The van der Waals surface area contributed by atoms with Crippen molar-refractivity contribution >= 4 is 38.9 Å². The minimum Gasteiger partial charge on any atom is -0.495 e. The van der Waals surface area contributed by atoms with E-state index in [1.807, 2.05) is 0 Å². The Kier molecular flexibility index (Phi) is 6.45. The maximum absolute atomic E-state index is 12.1. The Morgan fingerprint density at radius 1 is 1.28 bits per heavy atom. The monoisotopic (exact) mass is 402 g/mol. The summed E-state index contributed by atoms with van der Waals surface area (Å²) < 4.78 is 30.6. The van der Waals surface area contributed by atoms with Gasteiger partial charge in [-0.05, 0) is 29.8 Å². The SMILES string of the molecule is COc1ccc(CC(=O)NCc2ccc(S(=O)(=O)N(C)C)s2)cc1Cl. The fourth-order valence-electron chi connectivity index (χ4n) is 2.03. The number of hydrogen-bond donors (Lipinski definition) is 1. The Morgan fingerprint density at radius 3 is 2.60 bits per heavy atom. The van der Waals surface area contributed by atoms with Crippen LogP contribution in [0.4, 0.5) is 0 Å². The molecule has 0 aliphatic carbocycles. The van der Waals surface area contributed by atoms with Gasteiger partial charge in [0.05, 0.1) is 25.1 Å². The summed E-state index contributed by atoms with van der Waals surface area (Å²) in [6.45, 7) is 0.274. The third-order valence-electron chi connectivity index (χ3n) is 3.41. The van der Waals surface area contributed by atoms with Crippen molar-refractivity contribution < 1.29 is 17.9 Å². The van der Waals surface area contributed by atoms with Crippen LogP contribution < -0.4 is 10.1 Å². The van der Waals surface area contributed by atoms with Crippen molar-refractivity contribution in [3.8, 4) is 5.75 Å². The first-order valence-corrected chi connectivity index (χ1v) is 9.98. The second-order valence-corrected chi connectivity index (χ2v) is 9.38. The molecule has 2 rings (SSSR count). The van der Waals surface area contributed by atoms with Crippen LogP contribution in [0.15, 0.2) is 34.5 Å². The molecule has 0 unspecified atom stereocenters. The first kappa shape index (κ1) is 19.7. The Bertz CT molecular complexity index is 863. The van der Waals surface area contributed by atoms with E-state index < -0.39 is 10.0 Å². The third kappa shape index (κ3) is 4.94. The van der Waals surface area contributed by atoms with Gasteiger partial charge in [0.2, 0.25) is 5.91 Å². The lowest BCUT2D eigenvalue weighted by Crippen LogP contribution is -2.24. The average Bonchev–Trinajstić information content (AvgIpc) is 3.02. The Morgan fingerprint density at radius 2 is 2.00 bits per heavy atom. The van der Waals surface area contributed by atoms with Gasteiger partial charge in [-0.1, -0.05) is 17.7 Å². The number of hydrogen-bond acceptors (Lipinski definition) is 5. The highest BCUT2D eigenvalue weighted by molar-refractivity contribution is 7.91. The highest BCUT2D eigenvalue weighted by Gasteiger charge is 2.19. The highest BCUT2D eigenvalue weighted by Crippen LogP contribution is 2.25. The molecule has 0 aliphatic rings. The number of halogens is 1. The van der Waals surface area contributed by atoms with Crippen LogP contribution >= 0.6 is 22.9 Å². The van der Waals surface area contributed by atoms with E-state index in [1.165, 1.54) is 21.2 Å². The Labute approximate surface area is 156 Å². The smallest absolute Gasteiger partial charge is 0.252 e. The largest absolute Gasteiger partial charge is 0.495 e. The zero-order chi connectivity index (χ0) is 18.6. The second-order valence-electron chi connectivity index (χ2n) is 5.43. The van der Waals surface area contributed by atoms with Gasteiger partial charge in [-0.2, -0.15) is 0 Å². The van der Waals surface area contributed by atoms with Crippen LogP contribution in [-0.2, 0) is 27.8 Å². The maximum atomic E-state index is 12.1. The summed E-state index contributed by atoms with van der Waals surface area (Å²) in [5.41, 5.74) is 0.769. The summed E-state index contributed by atoms with van der Waals surface area (Å²) >= 11 is 7.18. The van der Waals surface area contributed by atoms with E-state index in [4.69, 9.17) is 16.3 Å². The Balaban J connectivity index is 1.95. The summed E-state index contributed by atoms with van der Waals surface area (Å²) in [5, 5.41) is 3.23. The first-order valence-electron chi connectivity index (χ1n) is 7.34. The molecule has 136 valence electrons. The molecule has 0 aliphatic heterocycles. The number of nitrogens with one attached hydrogen (secondary N) is 1. The molecule has 0 atom stereocenters. The standard InChI is InChI=1S/C16H19ClN2O4S2/c1-19(2)25(21,22)16-7-5-12(24-16)10-18-15(20)9-11-4-6-14(23-3)13(17)8-11/h4-8H,9-10H2,1-3H3,(H,18,20). The van der Waals surface area contributed by atoms with Crippen molar-refractivity contribution in [2.75, 3.05) is 21.2 Å². The van der Waals surface area contributed by atoms with Crippen LogP contribution in [0.3, 0.4) is 0 Å². The highest BCUT2D eigenvalue weighted by atomic mass is 35.5. The number of carbonyl (C=O) groups excluding carboxylic acids is 1. The minimum absolute atomic E-state index is 0.174. The van der Waals surface area contributed by atoms with Crippen molar-refractivity contribution in [3.63, 3.8) is 0 Å². The fourth-order valence-corrected chi connectivity index (χ4v) is 4.77. The zero-order valence-corrected chi connectivity index (χ0v) is 16.5. The molecule has 0 fully saturated rings. The van der Waals surface area contributed by atoms with Crippen LogP contribution in [0.1, 0.15) is 10.4 Å². The van der Waals surface area contributed by atoms with Crippen molar-refractivity contribution in [2.45, 2.75) is 17.2 Å². The van der Waals surface area contributed by atoms with Crippen molar-refractivity contribution in [1.29, 1.82) is 0 Å². The number of sulfonamides is 1. The Hall–Kier alpha value is -1.61. The average molecular weight is 403 g/mol. The van der Waals surface area contributed by atoms with E-state index in [1.54, 1.807) is 30.3 Å². The molecule has 2 aromatic rings. The summed E-state index contributed by atoms with van der Waals surface area (Å²) in [7, 11) is 1.05. The molecule has 0 bridgehead atoms. The molecule has 0 radical (unpaired) electrons. The quantitative estimate of drug-likeness (QED) is 0.772. The van der Waals surface area contributed by atoms with E-state index in [9.17, 15) is 13.2 Å². The van der Waals surface area contributed by atoms with Gasteiger partial charge in [-0.25, -0.2) is 12.7 Å². The molecule has 25 heavy (non-hydrogen) atoms. The summed E-state index contributed by atoms with van der Waals surface area (Å²) in [6, 6.07) is 8.42. The predicted octanol–water partition coefficient (Wildman–Crippen LogP) is 2.52. The minimum atomic E-state index is -3.44. The van der Waals surface area contributed by atoms with Gasteiger partial charge in [0, 0.05) is 19.0 Å². The lowest BCUT2D eigenvalue weighted by Gasteiger charge is -2.08. The fraction of sp³-hybridized carbons (Fsp3) is 0.312. The van der Waals surface area contributed by atoms with Crippen LogP contribution in [0.2, 0.25) is 5.02 Å². The second kappa shape index (κ2) is 8.18. The van der Waals surface area contributed by atoms with Gasteiger partial charge in [0.25, 0.3) is 10.0 Å². The van der Waals surface area contributed by atoms with Gasteiger partial charge in [-0.15, -0.1) is 11.3 Å². The molecular weight excluding hydrogens is 384 g/mol. The molecule has 6 nitrogen and oxygen atoms in total. The molecule has 0 spiro atoms. The lowest BCUT2D eigenvalue weighted by atomic mass is 10.1. The number of methoxy groups -OCH3 is 1. The molecule has 1 aromatic heterocycles. The number of benzene rings is 1. The topological polar surface area (TPSA) is 75.7 Å². The lowest BCUT2D eigenvalue weighted by molar-refractivity contribution is -0.120. The summed E-state index contributed by atoms with van der Waals surface area (Å²) in [5.74, 6) is 0.380. The van der Waals surface area contributed by atoms with E-state index in [0.29, 0.717) is 10.8 Å². The van der Waals surface area contributed by atoms with Gasteiger partial charge in [0.1, 0.15) is 9.96 Å². The van der Waals surface area contributed by atoms with Gasteiger partial charge < -0.3 is 10.1 Å². The molecule has 0 saturated carbocycles. The van der Waals surface area contributed by atoms with Gasteiger partial charge >= 0.3 is 0 Å². The molecule has 1 amide bonds. The number of carbonyl (C=O) groups is 1. The van der Waals surface area contributed by atoms with E-state index >= 15 is 0 Å². The maximum Gasteiger partial charge on any atom is 0.252 e. The summed E-state index contributed by atoms with van der Waals surface area (Å²) in [6.07, 6.45) is 0.179. The molecule has 1 aromatic carbocycles. The number of amides is 1. The van der Waals surface area contributed by atoms with Crippen molar-refractivity contribution in [3.05, 3.63) is 45.8 Å². The van der Waals surface area contributed by atoms with Crippen LogP contribution in [0, 0.1) is 0 Å². The molecule has 1 heterocycles. The van der Waals surface area contributed by atoms with E-state index in [-0.39, 0.29) is 23.1 Å². The number of ether oxygens (including phenoxy) is 1. The van der Waals surface area contributed by atoms with Crippen LogP contribution in [0.25, 0.3) is 0 Å². The van der Waals surface area contributed by atoms with Crippen LogP contribution in [0.5, 0.6) is 5.75 Å². The molecule has 1 N–H and O–H groups in total. The molecular formula is C16H19ClN2O4S2. The van der Waals surface area contributed by atoms with Crippen LogP contribution in [-0.4, -0.2) is 39.8 Å². The normalized spacial score (nSPS) is 11.6. The van der Waals surface area contributed by atoms with Gasteiger partial charge in [0.15, 0.2) is 0 Å². The zero-order valence-electron chi connectivity index (χ0n) is 14.1. The third-order valence-corrected chi connectivity index (χ3v) is 7.08.